The molecule has 2 rings (SSSR count). The molecule has 2 aromatic rings. The maximum absolute atomic E-state index is 13.6. The largest absolute Gasteiger partial charge is 0.487 e. The van der Waals surface area contributed by atoms with Gasteiger partial charge in [-0.25, -0.2) is 9.82 Å². The lowest BCUT2D eigenvalue weighted by atomic mass is 10.2. The number of carbonyl (C=O) groups excluding carboxylic acids is 2. The third kappa shape index (κ3) is 6.64. The Hall–Kier alpha value is -2.97. The zero-order valence-corrected chi connectivity index (χ0v) is 15.8. The van der Waals surface area contributed by atoms with Gasteiger partial charge in [-0.05, 0) is 29.8 Å². The average molecular weight is 408 g/mol. The summed E-state index contributed by atoms with van der Waals surface area (Å²) in [5.74, 6) is -1.69. The van der Waals surface area contributed by atoms with E-state index in [1.54, 1.807) is 36.4 Å². The molecule has 0 saturated heterocycles. The fourth-order valence-corrected chi connectivity index (χ4v) is 2.29. The highest BCUT2D eigenvalue weighted by Gasteiger charge is 2.11. The number of halogens is 2. The molecular weight excluding hydrogens is 389 g/mol. The standard InChI is InChI=1S/C19H19ClFN3O4/c1-27-9-8-22-18(25)19(26)24-23-11-13-6-7-17(15(20)10-13)28-12-14-4-2-3-5-16(14)21/h2-7,10-11H,8-9,12H2,1H3,(H,22,25)(H,24,26)/b23-11-. The molecule has 0 aliphatic heterocycles. The number of benzene rings is 2. The van der Waals surface area contributed by atoms with Crippen molar-refractivity contribution >= 4 is 29.6 Å². The van der Waals surface area contributed by atoms with Gasteiger partial charge in [-0.15, -0.1) is 0 Å². The van der Waals surface area contributed by atoms with Gasteiger partial charge in [-0.3, -0.25) is 9.59 Å². The first-order valence-corrected chi connectivity index (χ1v) is 8.65. The number of nitrogens with one attached hydrogen (secondary N) is 2. The first-order valence-electron chi connectivity index (χ1n) is 8.27. The molecule has 2 aromatic carbocycles. The molecule has 7 nitrogen and oxygen atoms in total. The van der Waals surface area contributed by atoms with Gasteiger partial charge in [0.15, 0.2) is 0 Å². The van der Waals surface area contributed by atoms with Crippen molar-refractivity contribution in [1.29, 1.82) is 0 Å². The Bertz CT molecular complexity index is 861. The van der Waals surface area contributed by atoms with Crippen LogP contribution in [0.2, 0.25) is 5.02 Å². The van der Waals surface area contributed by atoms with E-state index in [1.807, 2.05) is 0 Å². The Morgan fingerprint density at radius 3 is 2.71 bits per heavy atom. The smallest absolute Gasteiger partial charge is 0.329 e. The third-order valence-corrected chi connectivity index (χ3v) is 3.77. The van der Waals surface area contributed by atoms with Crippen molar-refractivity contribution in [2.24, 2.45) is 5.10 Å². The van der Waals surface area contributed by atoms with Crippen LogP contribution in [-0.4, -0.2) is 38.3 Å². The van der Waals surface area contributed by atoms with E-state index >= 15 is 0 Å². The Morgan fingerprint density at radius 2 is 2.00 bits per heavy atom. The van der Waals surface area contributed by atoms with Gasteiger partial charge in [0.1, 0.15) is 18.2 Å². The molecule has 0 radical (unpaired) electrons. The van der Waals surface area contributed by atoms with Crippen molar-refractivity contribution in [3.63, 3.8) is 0 Å². The molecule has 0 heterocycles. The molecule has 2 N–H and O–H groups in total. The summed E-state index contributed by atoms with van der Waals surface area (Å²) in [7, 11) is 1.48. The van der Waals surface area contributed by atoms with Crippen LogP contribution in [-0.2, 0) is 20.9 Å². The molecular formula is C19H19ClFN3O4. The highest BCUT2D eigenvalue weighted by Crippen LogP contribution is 2.26. The lowest BCUT2D eigenvalue weighted by Crippen LogP contribution is -2.39. The summed E-state index contributed by atoms with van der Waals surface area (Å²) in [6, 6.07) is 11.1. The summed E-state index contributed by atoms with van der Waals surface area (Å²) in [4.78, 5) is 23.0. The van der Waals surface area contributed by atoms with Crippen LogP contribution in [0.4, 0.5) is 4.39 Å². The second-order valence-electron chi connectivity index (χ2n) is 5.52. The fourth-order valence-electron chi connectivity index (χ4n) is 2.05. The summed E-state index contributed by atoms with van der Waals surface area (Å²) < 4.78 is 23.9. The van der Waals surface area contributed by atoms with Crippen LogP contribution in [0, 0.1) is 5.82 Å². The molecule has 148 valence electrons. The molecule has 0 aromatic heterocycles. The Morgan fingerprint density at radius 1 is 1.21 bits per heavy atom. The summed E-state index contributed by atoms with van der Waals surface area (Å²) in [6.45, 7) is 0.552. The predicted octanol–water partition coefficient (Wildman–Crippen LogP) is 2.27. The van der Waals surface area contributed by atoms with Crippen molar-refractivity contribution < 1.29 is 23.5 Å². The molecule has 0 unspecified atom stereocenters. The van der Waals surface area contributed by atoms with Crippen LogP contribution in [0.3, 0.4) is 0 Å². The second kappa shape index (κ2) is 11.0. The predicted molar refractivity (Wildman–Crippen MR) is 103 cm³/mol. The summed E-state index contributed by atoms with van der Waals surface area (Å²) in [5, 5.41) is 6.36. The second-order valence-corrected chi connectivity index (χ2v) is 5.92. The van der Waals surface area contributed by atoms with Crippen LogP contribution in [0.15, 0.2) is 47.6 Å². The first-order chi connectivity index (χ1) is 13.5. The lowest BCUT2D eigenvalue weighted by molar-refractivity contribution is -0.139. The first kappa shape index (κ1) is 21.3. The van der Waals surface area contributed by atoms with Crippen LogP contribution >= 0.6 is 11.6 Å². The minimum absolute atomic E-state index is 0.0358. The van der Waals surface area contributed by atoms with Gasteiger partial charge in [-0.1, -0.05) is 29.8 Å². The van der Waals surface area contributed by atoms with E-state index in [0.29, 0.717) is 28.5 Å². The van der Waals surface area contributed by atoms with Crippen molar-refractivity contribution in [2.75, 3.05) is 20.3 Å². The number of hydrogen-bond donors (Lipinski definition) is 2. The number of amides is 2. The van der Waals surface area contributed by atoms with Gasteiger partial charge in [0.05, 0.1) is 17.8 Å². The molecule has 2 amide bonds. The van der Waals surface area contributed by atoms with Gasteiger partial charge < -0.3 is 14.8 Å². The van der Waals surface area contributed by atoms with Crippen molar-refractivity contribution in [2.45, 2.75) is 6.61 Å². The number of rotatable bonds is 8. The molecule has 0 aliphatic carbocycles. The fraction of sp³-hybridized carbons (Fsp3) is 0.211. The van der Waals surface area contributed by atoms with Crippen LogP contribution in [0.1, 0.15) is 11.1 Å². The topological polar surface area (TPSA) is 89.0 Å². The number of carbonyl (C=O) groups is 2. The van der Waals surface area contributed by atoms with E-state index in [-0.39, 0.29) is 19.0 Å². The summed E-state index contributed by atoms with van der Waals surface area (Å²) in [5.41, 5.74) is 3.09. The average Bonchev–Trinajstić information content (AvgIpc) is 2.68. The normalized spacial score (nSPS) is 10.7. The molecule has 0 spiro atoms. The van der Waals surface area contributed by atoms with Crippen molar-refractivity contribution in [3.8, 4) is 5.75 Å². The lowest BCUT2D eigenvalue weighted by Gasteiger charge is -2.09. The minimum Gasteiger partial charge on any atom is -0.487 e. The highest BCUT2D eigenvalue weighted by molar-refractivity contribution is 6.35. The Balaban J connectivity index is 1.87. The summed E-state index contributed by atoms with van der Waals surface area (Å²) >= 11 is 6.15. The molecule has 28 heavy (non-hydrogen) atoms. The van der Waals surface area contributed by atoms with Gasteiger partial charge in [0.25, 0.3) is 0 Å². The quantitative estimate of drug-likeness (QED) is 0.304. The van der Waals surface area contributed by atoms with E-state index in [0.717, 1.165) is 0 Å². The number of hydrogen-bond acceptors (Lipinski definition) is 5. The molecule has 0 aliphatic rings. The maximum Gasteiger partial charge on any atom is 0.329 e. The molecule has 0 atom stereocenters. The monoisotopic (exact) mass is 407 g/mol. The Labute approximate surface area is 166 Å². The minimum atomic E-state index is -0.900. The van der Waals surface area contributed by atoms with Gasteiger partial charge >= 0.3 is 11.8 Å². The Kier molecular flexibility index (Phi) is 8.38. The zero-order chi connectivity index (χ0) is 20.4. The van der Waals surface area contributed by atoms with Gasteiger partial charge in [0, 0.05) is 19.2 Å². The van der Waals surface area contributed by atoms with Crippen LogP contribution in [0.25, 0.3) is 0 Å². The van der Waals surface area contributed by atoms with Crippen LogP contribution in [0.5, 0.6) is 5.75 Å². The van der Waals surface area contributed by atoms with Crippen LogP contribution < -0.4 is 15.5 Å². The van der Waals surface area contributed by atoms with Gasteiger partial charge in [0.2, 0.25) is 0 Å². The number of methoxy groups -OCH3 is 1. The van der Waals surface area contributed by atoms with Crippen molar-refractivity contribution in [3.05, 3.63) is 64.4 Å². The van der Waals surface area contributed by atoms with E-state index in [2.05, 4.69) is 15.8 Å². The SMILES string of the molecule is COCCNC(=O)C(=O)N/N=C\c1ccc(OCc2ccccc2F)c(Cl)c1. The molecule has 9 heteroatoms. The highest BCUT2D eigenvalue weighted by atomic mass is 35.5. The zero-order valence-electron chi connectivity index (χ0n) is 15.1. The molecule has 0 fully saturated rings. The molecule has 0 saturated carbocycles. The van der Waals surface area contributed by atoms with E-state index < -0.39 is 11.8 Å². The number of ether oxygens (including phenoxy) is 2. The summed E-state index contributed by atoms with van der Waals surface area (Å²) in [6.07, 6.45) is 1.33. The maximum atomic E-state index is 13.6. The molecule has 0 bridgehead atoms. The number of nitrogens with zero attached hydrogens (tertiary/aromatic N) is 1. The van der Waals surface area contributed by atoms with Crippen molar-refractivity contribution in [1.82, 2.24) is 10.7 Å². The van der Waals surface area contributed by atoms with E-state index in [4.69, 9.17) is 21.1 Å². The third-order valence-electron chi connectivity index (χ3n) is 3.47. The van der Waals surface area contributed by atoms with E-state index in [1.165, 1.54) is 19.4 Å². The number of hydrazone groups is 1. The van der Waals surface area contributed by atoms with Gasteiger partial charge in [-0.2, -0.15) is 5.10 Å². The van der Waals surface area contributed by atoms with E-state index in [9.17, 15) is 14.0 Å².